The lowest BCUT2D eigenvalue weighted by Gasteiger charge is -2.34. The van der Waals surface area contributed by atoms with E-state index in [0.29, 0.717) is 29.5 Å². The molecule has 0 radical (unpaired) electrons. The van der Waals surface area contributed by atoms with Crippen molar-refractivity contribution in [1.29, 1.82) is 0 Å². The lowest BCUT2D eigenvalue weighted by molar-refractivity contribution is 0.0603. The van der Waals surface area contributed by atoms with Gasteiger partial charge in [-0.25, -0.2) is 9.97 Å². The van der Waals surface area contributed by atoms with Gasteiger partial charge in [-0.15, -0.1) is 0 Å². The number of nitrogens with zero attached hydrogens (tertiary/aromatic N) is 3. The van der Waals surface area contributed by atoms with Gasteiger partial charge in [-0.1, -0.05) is 6.07 Å². The second kappa shape index (κ2) is 6.11. The van der Waals surface area contributed by atoms with Crippen molar-refractivity contribution in [3.63, 3.8) is 0 Å². The molecule has 1 aromatic carbocycles. The van der Waals surface area contributed by atoms with Crippen molar-refractivity contribution in [2.75, 3.05) is 19.4 Å². The van der Waals surface area contributed by atoms with Gasteiger partial charge in [-0.2, -0.15) is 0 Å². The average Bonchev–Trinajstić information content (AvgIpc) is 2.96. The van der Waals surface area contributed by atoms with Gasteiger partial charge < -0.3 is 15.4 Å². The van der Waals surface area contributed by atoms with E-state index in [0.717, 1.165) is 18.5 Å². The molecule has 0 spiro atoms. The van der Waals surface area contributed by atoms with Crippen molar-refractivity contribution in [3.8, 4) is 5.75 Å². The highest BCUT2D eigenvalue weighted by Gasteiger charge is 2.43. The number of ether oxygens (including phenoxy) is 1. The summed E-state index contributed by atoms with van der Waals surface area (Å²) in [5.41, 5.74) is 6.74. The molecule has 6 heteroatoms. The van der Waals surface area contributed by atoms with E-state index in [1.165, 1.54) is 0 Å². The largest absolute Gasteiger partial charge is 0.497 e. The highest BCUT2D eigenvalue weighted by atomic mass is 16.5. The Hall–Kier alpha value is -2.63. The molecule has 0 saturated carbocycles. The van der Waals surface area contributed by atoms with Crippen LogP contribution in [0.15, 0.2) is 30.3 Å². The normalized spacial score (nSPS) is 20.2. The Morgan fingerprint density at radius 3 is 2.83 bits per heavy atom. The number of hydrogen-bond donors (Lipinski definition) is 1. The molecule has 3 rings (SSSR count). The van der Waals surface area contributed by atoms with Gasteiger partial charge in [0.25, 0.3) is 5.91 Å². The van der Waals surface area contributed by atoms with Crippen LogP contribution in [0, 0.1) is 6.92 Å². The van der Waals surface area contributed by atoms with Crippen molar-refractivity contribution in [3.05, 3.63) is 47.4 Å². The van der Waals surface area contributed by atoms with E-state index < -0.39 is 5.54 Å². The molecular weight excluding hydrogens is 304 g/mol. The zero-order valence-corrected chi connectivity index (χ0v) is 14.2. The summed E-state index contributed by atoms with van der Waals surface area (Å²) in [6.07, 6.45) is 1.72. The fourth-order valence-corrected chi connectivity index (χ4v) is 3.27. The number of nitrogen functional groups attached to an aromatic ring is 1. The zero-order chi connectivity index (χ0) is 17.3. The maximum absolute atomic E-state index is 13.1. The molecule has 126 valence electrons. The maximum atomic E-state index is 13.1. The summed E-state index contributed by atoms with van der Waals surface area (Å²) in [5.74, 6) is 1.66. The number of carbonyl (C=O) groups excluding carboxylic acids is 1. The van der Waals surface area contributed by atoms with Gasteiger partial charge in [0.05, 0.1) is 7.11 Å². The summed E-state index contributed by atoms with van der Waals surface area (Å²) in [5, 5.41) is 0. The molecule has 2 aromatic rings. The zero-order valence-electron chi connectivity index (χ0n) is 14.2. The fourth-order valence-electron chi connectivity index (χ4n) is 3.27. The quantitative estimate of drug-likeness (QED) is 0.937. The van der Waals surface area contributed by atoms with E-state index in [1.54, 1.807) is 25.3 Å². The third kappa shape index (κ3) is 2.79. The number of aryl methyl sites for hydroxylation is 1. The second-order valence-electron chi connectivity index (χ2n) is 6.32. The SMILES string of the molecule is COc1cccc(C(=O)N2CCCC2(C)c2nc(C)cc(N)n2)c1. The number of carbonyl (C=O) groups is 1. The molecule has 6 nitrogen and oxygen atoms in total. The van der Waals surface area contributed by atoms with E-state index in [2.05, 4.69) is 9.97 Å². The number of hydrogen-bond acceptors (Lipinski definition) is 5. The van der Waals surface area contributed by atoms with E-state index in [-0.39, 0.29) is 5.91 Å². The number of aromatic nitrogens is 2. The number of likely N-dealkylation sites (tertiary alicyclic amines) is 1. The van der Waals surface area contributed by atoms with Crippen LogP contribution < -0.4 is 10.5 Å². The number of amides is 1. The minimum absolute atomic E-state index is 0.0439. The Morgan fingerprint density at radius 1 is 1.33 bits per heavy atom. The number of methoxy groups -OCH3 is 1. The summed E-state index contributed by atoms with van der Waals surface area (Å²) in [6, 6.07) is 8.93. The van der Waals surface area contributed by atoms with Gasteiger partial charge in [0, 0.05) is 23.9 Å². The van der Waals surface area contributed by atoms with E-state index in [4.69, 9.17) is 10.5 Å². The number of rotatable bonds is 3. The Labute approximate surface area is 141 Å². The molecule has 2 heterocycles. The van der Waals surface area contributed by atoms with Gasteiger partial charge in [-0.3, -0.25) is 4.79 Å². The Kier molecular flexibility index (Phi) is 4.13. The molecule has 1 fully saturated rings. The molecule has 1 amide bonds. The Balaban J connectivity index is 1.98. The van der Waals surface area contributed by atoms with Crippen LogP contribution >= 0.6 is 0 Å². The van der Waals surface area contributed by atoms with Crippen LogP contribution in [-0.4, -0.2) is 34.4 Å². The first-order chi connectivity index (χ1) is 11.4. The Bertz CT molecular complexity index is 757. The molecule has 1 saturated heterocycles. The van der Waals surface area contributed by atoms with Crippen molar-refractivity contribution < 1.29 is 9.53 Å². The summed E-state index contributed by atoms with van der Waals surface area (Å²) < 4.78 is 5.22. The van der Waals surface area contributed by atoms with Crippen LogP contribution in [0.1, 0.15) is 41.6 Å². The molecule has 1 aliphatic rings. The highest BCUT2D eigenvalue weighted by molar-refractivity contribution is 5.95. The van der Waals surface area contributed by atoms with Gasteiger partial charge in [0.1, 0.15) is 17.1 Å². The first kappa shape index (κ1) is 16.2. The van der Waals surface area contributed by atoms with Crippen LogP contribution in [-0.2, 0) is 5.54 Å². The van der Waals surface area contributed by atoms with Gasteiger partial charge in [0.15, 0.2) is 5.82 Å². The first-order valence-electron chi connectivity index (χ1n) is 8.02. The molecule has 1 unspecified atom stereocenters. The maximum Gasteiger partial charge on any atom is 0.254 e. The second-order valence-corrected chi connectivity index (χ2v) is 6.32. The minimum atomic E-state index is -0.555. The monoisotopic (exact) mass is 326 g/mol. The van der Waals surface area contributed by atoms with E-state index in [9.17, 15) is 4.79 Å². The van der Waals surface area contributed by atoms with Crippen LogP contribution in [0.25, 0.3) is 0 Å². The van der Waals surface area contributed by atoms with Crippen LogP contribution in [0.2, 0.25) is 0 Å². The highest BCUT2D eigenvalue weighted by Crippen LogP contribution is 2.38. The number of benzene rings is 1. The van der Waals surface area contributed by atoms with Crippen LogP contribution in [0.5, 0.6) is 5.75 Å². The smallest absolute Gasteiger partial charge is 0.254 e. The van der Waals surface area contributed by atoms with Crippen LogP contribution in [0.3, 0.4) is 0 Å². The summed E-state index contributed by atoms with van der Waals surface area (Å²) in [6.45, 7) is 4.56. The average molecular weight is 326 g/mol. The van der Waals surface area contributed by atoms with Gasteiger partial charge in [-0.05, 0) is 44.9 Å². The Morgan fingerprint density at radius 2 is 2.12 bits per heavy atom. The lowest BCUT2D eigenvalue weighted by Crippen LogP contribution is -2.44. The summed E-state index contributed by atoms with van der Waals surface area (Å²) in [7, 11) is 1.59. The third-order valence-electron chi connectivity index (χ3n) is 4.56. The van der Waals surface area contributed by atoms with Crippen LogP contribution in [0.4, 0.5) is 5.82 Å². The summed E-state index contributed by atoms with van der Waals surface area (Å²) >= 11 is 0. The van der Waals surface area contributed by atoms with Gasteiger partial charge in [0.2, 0.25) is 0 Å². The molecular formula is C18H22N4O2. The molecule has 0 bridgehead atoms. The number of nitrogens with two attached hydrogens (primary N) is 1. The molecule has 2 N–H and O–H groups in total. The van der Waals surface area contributed by atoms with E-state index in [1.807, 2.05) is 30.9 Å². The predicted molar refractivity (Wildman–Crippen MR) is 91.8 cm³/mol. The summed E-state index contributed by atoms with van der Waals surface area (Å²) in [4.78, 5) is 23.8. The van der Waals surface area contributed by atoms with Crippen molar-refractivity contribution in [2.45, 2.75) is 32.2 Å². The number of anilines is 1. The van der Waals surface area contributed by atoms with Crippen molar-refractivity contribution >= 4 is 11.7 Å². The molecule has 1 aliphatic heterocycles. The predicted octanol–water partition coefficient (Wildman–Crippen LogP) is 2.53. The lowest BCUT2D eigenvalue weighted by atomic mass is 9.96. The third-order valence-corrected chi connectivity index (χ3v) is 4.56. The van der Waals surface area contributed by atoms with Crippen molar-refractivity contribution in [1.82, 2.24) is 14.9 Å². The molecule has 24 heavy (non-hydrogen) atoms. The standard InChI is InChI=1S/C18H22N4O2/c1-12-10-15(19)21-17(20-12)18(2)8-5-9-22(18)16(23)13-6-4-7-14(11-13)24-3/h4,6-7,10-11H,5,8-9H2,1-3H3,(H2,19,20,21). The molecule has 0 aliphatic carbocycles. The molecule has 1 aromatic heterocycles. The fraction of sp³-hybridized carbons (Fsp3) is 0.389. The topological polar surface area (TPSA) is 81.3 Å². The molecule has 1 atom stereocenters. The van der Waals surface area contributed by atoms with Crippen molar-refractivity contribution in [2.24, 2.45) is 0 Å². The van der Waals surface area contributed by atoms with E-state index >= 15 is 0 Å². The van der Waals surface area contributed by atoms with Gasteiger partial charge >= 0.3 is 0 Å². The minimum Gasteiger partial charge on any atom is -0.497 e. The first-order valence-corrected chi connectivity index (χ1v) is 8.02.